The molecule has 5 N–H and O–H groups in total. The highest BCUT2D eigenvalue weighted by Gasteiger charge is 2.05. The zero-order valence-electron chi connectivity index (χ0n) is 9.20. The molecular weight excluding hydrogens is 261 g/mol. The first-order valence-corrected chi connectivity index (χ1v) is 5.29. The van der Waals surface area contributed by atoms with Crippen molar-refractivity contribution < 1.29 is 4.79 Å². The molecule has 0 heterocycles. The average Bonchev–Trinajstić information content (AvgIpc) is 2.19. The van der Waals surface area contributed by atoms with Gasteiger partial charge in [0.25, 0.3) is 0 Å². The lowest BCUT2D eigenvalue weighted by atomic mass is 10.0. The Balaban J connectivity index is 0.00000256. The Morgan fingerprint density at radius 3 is 2.53 bits per heavy atom. The number of amides is 1. The molecule has 0 saturated heterocycles. The fraction of sp³-hybridized carbons (Fsp3) is 0.273. The van der Waals surface area contributed by atoms with Gasteiger partial charge in [0, 0.05) is 12.0 Å². The Morgan fingerprint density at radius 2 is 2.00 bits per heavy atom. The van der Waals surface area contributed by atoms with Gasteiger partial charge in [-0.25, -0.2) is 0 Å². The molecular formula is C11H15Cl2N3O. The van der Waals surface area contributed by atoms with Gasteiger partial charge in [0.05, 0.1) is 5.02 Å². The summed E-state index contributed by atoms with van der Waals surface area (Å²) in [7, 11) is 0. The van der Waals surface area contributed by atoms with Crippen LogP contribution in [0.1, 0.15) is 24.0 Å². The highest BCUT2D eigenvalue weighted by molar-refractivity contribution is 6.33. The van der Waals surface area contributed by atoms with Gasteiger partial charge in [-0.3, -0.25) is 10.2 Å². The molecule has 0 atom stereocenters. The lowest BCUT2D eigenvalue weighted by Crippen LogP contribution is -2.12. The Labute approximate surface area is 111 Å². The zero-order valence-corrected chi connectivity index (χ0v) is 10.8. The maximum absolute atomic E-state index is 10.6. The summed E-state index contributed by atoms with van der Waals surface area (Å²) >= 11 is 5.88. The second-order valence-electron chi connectivity index (χ2n) is 3.55. The summed E-state index contributed by atoms with van der Waals surface area (Å²) in [4.78, 5) is 10.6. The van der Waals surface area contributed by atoms with Gasteiger partial charge in [-0.1, -0.05) is 17.7 Å². The first-order valence-electron chi connectivity index (χ1n) is 4.92. The van der Waals surface area contributed by atoms with Crippen molar-refractivity contribution in [3.63, 3.8) is 0 Å². The van der Waals surface area contributed by atoms with Crippen molar-refractivity contribution in [1.29, 1.82) is 5.41 Å². The van der Waals surface area contributed by atoms with E-state index in [9.17, 15) is 4.79 Å². The minimum Gasteiger partial charge on any atom is -0.384 e. The molecule has 0 aliphatic heterocycles. The normalized spacial score (nSPS) is 9.47. The maximum Gasteiger partial charge on any atom is 0.217 e. The van der Waals surface area contributed by atoms with Crippen molar-refractivity contribution >= 4 is 35.8 Å². The van der Waals surface area contributed by atoms with Crippen LogP contribution < -0.4 is 11.5 Å². The molecule has 1 aromatic carbocycles. The number of nitrogen functional groups attached to an aromatic ring is 1. The SMILES string of the molecule is Cl.N=C(N)c1cc(CCCC(N)=O)ccc1Cl. The minimum atomic E-state index is -0.305. The van der Waals surface area contributed by atoms with Gasteiger partial charge in [0.2, 0.25) is 5.91 Å². The number of carbonyl (C=O) groups excluding carboxylic acids is 1. The van der Waals surface area contributed by atoms with Crippen LogP contribution in [0.4, 0.5) is 0 Å². The van der Waals surface area contributed by atoms with Crippen LogP contribution in [0.25, 0.3) is 0 Å². The second-order valence-corrected chi connectivity index (χ2v) is 3.95. The fourth-order valence-electron chi connectivity index (χ4n) is 1.40. The van der Waals surface area contributed by atoms with Gasteiger partial charge < -0.3 is 11.5 Å². The van der Waals surface area contributed by atoms with E-state index in [1.54, 1.807) is 12.1 Å². The summed E-state index contributed by atoms with van der Waals surface area (Å²) in [5.41, 5.74) is 12.0. The molecule has 1 rings (SSSR count). The molecule has 0 aromatic heterocycles. The molecule has 0 radical (unpaired) electrons. The van der Waals surface area contributed by atoms with Gasteiger partial charge >= 0.3 is 0 Å². The number of amidine groups is 1. The number of benzene rings is 1. The molecule has 0 aliphatic rings. The van der Waals surface area contributed by atoms with Gasteiger partial charge in [0.15, 0.2) is 0 Å². The highest BCUT2D eigenvalue weighted by atomic mass is 35.5. The predicted octanol–water partition coefficient (Wildman–Crippen LogP) is 1.85. The number of halogens is 2. The molecule has 0 aliphatic carbocycles. The standard InChI is InChI=1S/C11H14ClN3O.ClH/c12-9-5-4-7(2-1-3-10(13)16)6-8(9)11(14)15;/h4-6H,1-3H2,(H2,13,16)(H3,14,15);1H. The first kappa shape index (κ1) is 15.7. The van der Waals surface area contributed by atoms with Crippen LogP contribution in [-0.4, -0.2) is 11.7 Å². The Kier molecular flexibility index (Phi) is 6.61. The van der Waals surface area contributed by atoms with Gasteiger partial charge in [-0.05, 0) is 30.5 Å². The molecule has 0 spiro atoms. The largest absolute Gasteiger partial charge is 0.384 e. The average molecular weight is 276 g/mol. The molecule has 0 unspecified atom stereocenters. The number of hydrogen-bond donors (Lipinski definition) is 3. The van der Waals surface area contributed by atoms with Crippen molar-refractivity contribution in [3.8, 4) is 0 Å². The minimum absolute atomic E-state index is 0. The van der Waals surface area contributed by atoms with Gasteiger partial charge in [-0.15, -0.1) is 12.4 Å². The van der Waals surface area contributed by atoms with E-state index in [2.05, 4.69) is 0 Å². The van der Waals surface area contributed by atoms with Crippen LogP contribution in [0.5, 0.6) is 0 Å². The van der Waals surface area contributed by atoms with E-state index >= 15 is 0 Å². The van der Waals surface area contributed by atoms with E-state index < -0.39 is 0 Å². The summed E-state index contributed by atoms with van der Waals surface area (Å²) in [5.74, 6) is -0.359. The monoisotopic (exact) mass is 275 g/mol. The summed E-state index contributed by atoms with van der Waals surface area (Å²) < 4.78 is 0. The molecule has 0 bridgehead atoms. The zero-order chi connectivity index (χ0) is 12.1. The Hall–Kier alpha value is -1.26. The summed E-state index contributed by atoms with van der Waals surface area (Å²) in [5, 5.41) is 7.80. The molecule has 6 heteroatoms. The topological polar surface area (TPSA) is 93.0 Å². The summed E-state index contributed by atoms with van der Waals surface area (Å²) in [6.45, 7) is 0. The van der Waals surface area contributed by atoms with Crippen molar-refractivity contribution in [3.05, 3.63) is 34.3 Å². The molecule has 1 aromatic rings. The maximum atomic E-state index is 10.6. The molecule has 1 amide bonds. The number of primary amides is 1. The van der Waals surface area contributed by atoms with Crippen molar-refractivity contribution in [2.24, 2.45) is 11.5 Å². The van der Waals surface area contributed by atoms with Crippen LogP contribution in [0.2, 0.25) is 5.02 Å². The van der Waals surface area contributed by atoms with Crippen molar-refractivity contribution in [2.75, 3.05) is 0 Å². The number of carbonyl (C=O) groups is 1. The van der Waals surface area contributed by atoms with E-state index in [0.717, 1.165) is 12.0 Å². The Bertz CT molecular complexity index is 421. The molecule has 17 heavy (non-hydrogen) atoms. The van der Waals surface area contributed by atoms with E-state index in [1.165, 1.54) is 0 Å². The fourth-order valence-corrected chi connectivity index (χ4v) is 1.62. The third kappa shape index (κ3) is 5.06. The van der Waals surface area contributed by atoms with Crippen LogP contribution >= 0.6 is 24.0 Å². The quantitative estimate of drug-likeness (QED) is 0.565. The number of nitrogens with two attached hydrogens (primary N) is 2. The lowest BCUT2D eigenvalue weighted by Gasteiger charge is -2.05. The van der Waals surface area contributed by atoms with Gasteiger partial charge in [-0.2, -0.15) is 0 Å². The van der Waals surface area contributed by atoms with Crippen molar-refractivity contribution in [1.82, 2.24) is 0 Å². The predicted molar refractivity (Wildman–Crippen MR) is 71.8 cm³/mol. The molecule has 4 nitrogen and oxygen atoms in total. The first-order chi connectivity index (χ1) is 7.50. The second kappa shape index (κ2) is 7.14. The van der Waals surface area contributed by atoms with E-state index in [0.29, 0.717) is 23.4 Å². The number of nitrogens with one attached hydrogen (secondary N) is 1. The van der Waals surface area contributed by atoms with E-state index in [1.807, 2.05) is 6.07 Å². The van der Waals surface area contributed by atoms with Gasteiger partial charge in [0.1, 0.15) is 5.84 Å². The number of hydrogen-bond acceptors (Lipinski definition) is 2. The highest BCUT2D eigenvalue weighted by Crippen LogP contribution is 2.18. The Morgan fingerprint density at radius 1 is 1.35 bits per heavy atom. The third-order valence-electron chi connectivity index (χ3n) is 2.21. The van der Waals surface area contributed by atoms with Crippen molar-refractivity contribution in [2.45, 2.75) is 19.3 Å². The van der Waals surface area contributed by atoms with Crippen LogP contribution in [0, 0.1) is 5.41 Å². The van der Waals surface area contributed by atoms with Crippen LogP contribution in [0.15, 0.2) is 18.2 Å². The smallest absolute Gasteiger partial charge is 0.217 e. The summed E-state index contributed by atoms with van der Waals surface area (Å²) in [6.07, 6.45) is 1.77. The number of rotatable bonds is 5. The number of aryl methyl sites for hydroxylation is 1. The lowest BCUT2D eigenvalue weighted by molar-refractivity contribution is -0.118. The molecule has 0 fully saturated rings. The van der Waals surface area contributed by atoms with Crippen LogP contribution in [0.3, 0.4) is 0 Å². The molecule has 94 valence electrons. The molecule has 0 saturated carbocycles. The van der Waals surface area contributed by atoms with E-state index in [-0.39, 0.29) is 24.1 Å². The van der Waals surface area contributed by atoms with E-state index in [4.69, 9.17) is 28.5 Å². The van der Waals surface area contributed by atoms with Crippen LogP contribution in [-0.2, 0) is 11.2 Å². The third-order valence-corrected chi connectivity index (χ3v) is 2.54. The summed E-state index contributed by atoms with van der Waals surface area (Å²) in [6, 6.07) is 5.33.